The second-order valence-electron chi connectivity index (χ2n) is 4.62. The topological polar surface area (TPSA) is 89.6 Å². The number of alkyl halides is 3. The van der Waals surface area contributed by atoms with Gasteiger partial charge in [0, 0.05) is 10.9 Å². The fourth-order valence-corrected chi connectivity index (χ4v) is 2.77. The molecule has 112 valence electrons. The first-order chi connectivity index (χ1) is 9.86. The summed E-state index contributed by atoms with van der Waals surface area (Å²) in [5.41, 5.74) is 4.35. The Hall–Kier alpha value is -1.97. The van der Waals surface area contributed by atoms with Crippen LogP contribution in [0.1, 0.15) is 24.6 Å². The highest BCUT2D eigenvalue weighted by atomic mass is 32.2. The Morgan fingerprint density at radius 3 is 2.76 bits per heavy atom. The van der Waals surface area contributed by atoms with Gasteiger partial charge in [0.05, 0.1) is 11.9 Å². The van der Waals surface area contributed by atoms with Crippen LogP contribution in [0.15, 0.2) is 27.1 Å². The molecular weight excluding hydrogens is 307 g/mol. The van der Waals surface area contributed by atoms with Crippen molar-refractivity contribution in [2.24, 2.45) is 0 Å². The van der Waals surface area contributed by atoms with Crippen molar-refractivity contribution in [1.29, 1.82) is 0 Å². The molecule has 3 N–H and O–H groups in total. The molecule has 21 heavy (non-hydrogen) atoms. The molecule has 3 rings (SSSR count). The second-order valence-corrected chi connectivity index (χ2v) is 5.63. The van der Waals surface area contributed by atoms with E-state index in [4.69, 9.17) is 5.73 Å². The highest BCUT2D eigenvalue weighted by Gasteiger charge is 2.33. The third kappa shape index (κ3) is 2.75. The van der Waals surface area contributed by atoms with Gasteiger partial charge in [-0.15, -0.1) is 5.10 Å². The maximum atomic E-state index is 12.7. The fraction of sp³-hybridized carbons (Fsp3) is 0.364. The van der Waals surface area contributed by atoms with Gasteiger partial charge < -0.3 is 5.73 Å². The molecule has 2 aromatic rings. The first kappa shape index (κ1) is 14.0. The molecule has 0 aromatic carbocycles. The lowest BCUT2D eigenvalue weighted by Crippen LogP contribution is -2.16. The first-order valence-electron chi connectivity index (χ1n) is 6.03. The summed E-state index contributed by atoms with van der Waals surface area (Å²) in [6.07, 6.45) is -1.89. The molecule has 6 nitrogen and oxygen atoms in total. The number of aromatic nitrogens is 4. The van der Waals surface area contributed by atoms with Gasteiger partial charge in [-0.2, -0.15) is 13.2 Å². The molecule has 10 heteroatoms. The molecule has 1 aliphatic rings. The normalized spacial score (nSPS) is 15.4. The molecular formula is C11H10F3N5OS. The average Bonchev–Trinajstić information content (AvgIpc) is 3.16. The molecule has 2 heterocycles. The van der Waals surface area contributed by atoms with Crippen molar-refractivity contribution in [2.75, 3.05) is 5.73 Å². The van der Waals surface area contributed by atoms with E-state index in [0.717, 1.165) is 36.9 Å². The van der Waals surface area contributed by atoms with E-state index in [0.29, 0.717) is 5.16 Å². The van der Waals surface area contributed by atoms with Crippen molar-refractivity contribution in [3.8, 4) is 0 Å². The summed E-state index contributed by atoms with van der Waals surface area (Å²) in [6.45, 7) is 0. The van der Waals surface area contributed by atoms with Crippen LogP contribution in [-0.4, -0.2) is 19.7 Å². The third-order valence-electron chi connectivity index (χ3n) is 2.97. The Morgan fingerprint density at radius 2 is 2.14 bits per heavy atom. The lowest BCUT2D eigenvalue weighted by atomic mass is 10.3. The highest BCUT2D eigenvalue weighted by Crippen LogP contribution is 2.39. The Kier molecular flexibility index (Phi) is 3.19. The quantitative estimate of drug-likeness (QED) is 0.904. The molecule has 0 radical (unpaired) electrons. The Labute approximate surface area is 120 Å². The first-order valence-corrected chi connectivity index (χ1v) is 6.85. The summed E-state index contributed by atoms with van der Waals surface area (Å²) < 4.78 is 39.5. The molecule has 2 aromatic heterocycles. The predicted molar refractivity (Wildman–Crippen MR) is 68.9 cm³/mol. The van der Waals surface area contributed by atoms with Crippen LogP contribution in [0.2, 0.25) is 0 Å². The highest BCUT2D eigenvalue weighted by molar-refractivity contribution is 7.99. The van der Waals surface area contributed by atoms with Gasteiger partial charge in [0.25, 0.3) is 0 Å². The van der Waals surface area contributed by atoms with Gasteiger partial charge in [-0.05, 0) is 30.7 Å². The number of nitrogens with zero attached hydrogens (tertiary/aromatic N) is 3. The van der Waals surface area contributed by atoms with Crippen molar-refractivity contribution in [2.45, 2.75) is 35.1 Å². The molecule has 0 atom stereocenters. The van der Waals surface area contributed by atoms with E-state index in [9.17, 15) is 18.0 Å². The van der Waals surface area contributed by atoms with Gasteiger partial charge in [-0.1, -0.05) is 0 Å². The minimum absolute atomic E-state index is 0.0592. The number of nitrogen functional groups attached to an aromatic ring is 1. The monoisotopic (exact) mass is 317 g/mol. The van der Waals surface area contributed by atoms with E-state index < -0.39 is 11.9 Å². The average molecular weight is 317 g/mol. The van der Waals surface area contributed by atoms with Crippen LogP contribution in [0.25, 0.3) is 0 Å². The van der Waals surface area contributed by atoms with E-state index in [2.05, 4.69) is 15.2 Å². The molecule has 0 amide bonds. The third-order valence-corrected chi connectivity index (χ3v) is 4.01. The molecule has 0 aliphatic heterocycles. The van der Waals surface area contributed by atoms with Crippen molar-refractivity contribution in [3.05, 3.63) is 28.4 Å². The van der Waals surface area contributed by atoms with Gasteiger partial charge >= 0.3 is 11.9 Å². The van der Waals surface area contributed by atoms with Crippen LogP contribution < -0.4 is 11.4 Å². The Balaban J connectivity index is 1.96. The summed E-state index contributed by atoms with van der Waals surface area (Å²) in [5.74, 6) is 0. The summed E-state index contributed by atoms with van der Waals surface area (Å²) >= 11 is 0.916. The van der Waals surface area contributed by atoms with E-state index >= 15 is 0 Å². The minimum atomic E-state index is -4.55. The van der Waals surface area contributed by atoms with Gasteiger partial charge in [-0.25, -0.2) is 14.9 Å². The number of rotatable bonds is 3. The number of aromatic amines is 1. The lowest BCUT2D eigenvalue weighted by molar-refractivity contribution is -0.141. The minimum Gasteiger partial charge on any atom is -0.397 e. The van der Waals surface area contributed by atoms with Crippen LogP contribution in [0.4, 0.5) is 18.9 Å². The standard InChI is InChI=1S/C11H10F3N5OS/c12-11(13,14)8-3-7(6(15)4-16-8)21-10-18-17-9(20)19(10)5-1-2-5/h3-5H,1-2,15H2,(H,17,20). The zero-order valence-electron chi connectivity index (χ0n) is 10.5. The largest absolute Gasteiger partial charge is 0.433 e. The Morgan fingerprint density at radius 1 is 1.43 bits per heavy atom. The predicted octanol–water partition coefficient (Wildman–Crippen LogP) is 2.05. The molecule has 1 aliphatic carbocycles. The van der Waals surface area contributed by atoms with Crippen LogP contribution in [-0.2, 0) is 6.18 Å². The molecule has 1 fully saturated rings. The molecule has 0 unspecified atom stereocenters. The number of hydrogen-bond donors (Lipinski definition) is 2. The smallest absolute Gasteiger partial charge is 0.397 e. The number of pyridine rings is 1. The summed E-state index contributed by atoms with van der Waals surface area (Å²) in [5, 5.41) is 6.44. The summed E-state index contributed by atoms with van der Waals surface area (Å²) in [7, 11) is 0. The molecule has 0 bridgehead atoms. The van der Waals surface area contributed by atoms with Crippen LogP contribution in [0.5, 0.6) is 0 Å². The van der Waals surface area contributed by atoms with E-state index in [-0.39, 0.29) is 22.3 Å². The molecule has 1 saturated carbocycles. The number of H-pyrrole nitrogens is 1. The number of nitrogens with one attached hydrogen (secondary N) is 1. The van der Waals surface area contributed by atoms with Gasteiger partial charge in [-0.3, -0.25) is 4.57 Å². The fourth-order valence-electron chi connectivity index (χ4n) is 1.81. The van der Waals surface area contributed by atoms with Crippen molar-refractivity contribution < 1.29 is 13.2 Å². The van der Waals surface area contributed by atoms with E-state index in [1.54, 1.807) is 0 Å². The molecule has 0 saturated heterocycles. The van der Waals surface area contributed by atoms with Gasteiger partial charge in [0.15, 0.2) is 5.16 Å². The van der Waals surface area contributed by atoms with Gasteiger partial charge in [0.2, 0.25) is 0 Å². The number of anilines is 1. The van der Waals surface area contributed by atoms with Gasteiger partial charge in [0.1, 0.15) is 5.69 Å². The number of hydrogen-bond acceptors (Lipinski definition) is 5. The van der Waals surface area contributed by atoms with Crippen molar-refractivity contribution in [3.63, 3.8) is 0 Å². The zero-order valence-corrected chi connectivity index (χ0v) is 11.3. The van der Waals surface area contributed by atoms with Crippen molar-refractivity contribution >= 4 is 17.4 Å². The lowest BCUT2D eigenvalue weighted by Gasteiger charge is -2.10. The maximum Gasteiger partial charge on any atom is 0.433 e. The number of halogens is 3. The molecule has 0 spiro atoms. The van der Waals surface area contributed by atoms with Crippen LogP contribution in [0.3, 0.4) is 0 Å². The summed E-state index contributed by atoms with van der Waals surface area (Å²) in [4.78, 5) is 15.1. The Bertz CT molecular complexity index is 734. The number of nitrogens with two attached hydrogens (primary N) is 1. The van der Waals surface area contributed by atoms with Crippen LogP contribution >= 0.6 is 11.8 Å². The van der Waals surface area contributed by atoms with E-state index in [1.807, 2.05) is 0 Å². The van der Waals surface area contributed by atoms with Crippen molar-refractivity contribution in [1.82, 2.24) is 19.7 Å². The SMILES string of the molecule is Nc1cnc(C(F)(F)F)cc1Sc1n[nH]c(=O)n1C1CC1. The maximum absolute atomic E-state index is 12.7. The zero-order chi connectivity index (χ0) is 15.2. The summed E-state index contributed by atoms with van der Waals surface area (Å²) in [6, 6.07) is 0.917. The van der Waals surface area contributed by atoms with E-state index in [1.165, 1.54) is 4.57 Å². The second kappa shape index (κ2) is 4.79. The van der Waals surface area contributed by atoms with Crippen LogP contribution in [0, 0.1) is 0 Å².